The summed E-state index contributed by atoms with van der Waals surface area (Å²) in [5, 5.41) is 2.88. The van der Waals surface area contributed by atoms with Gasteiger partial charge in [0.2, 0.25) is 10.0 Å². The number of amides is 1. The molecule has 160 valence electrons. The van der Waals surface area contributed by atoms with Crippen LogP contribution in [0, 0.1) is 0 Å². The highest BCUT2D eigenvalue weighted by molar-refractivity contribution is 7.89. The van der Waals surface area contributed by atoms with Crippen LogP contribution >= 0.6 is 0 Å². The van der Waals surface area contributed by atoms with E-state index in [0.717, 1.165) is 45.2 Å². The number of likely N-dealkylation sites (tertiary alicyclic amines) is 1. The molecule has 1 aliphatic carbocycles. The highest BCUT2D eigenvalue weighted by Crippen LogP contribution is 2.24. The van der Waals surface area contributed by atoms with Crippen LogP contribution in [0.2, 0.25) is 0 Å². The van der Waals surface area contributed by atoms with Crippen molar-refractivity contribution in [2.75, 3.05) is 32.5 Å². The molecule has 1 fully saturated rings. The van der Waals surface area contributed by atoms with Crippen molar-refractivity contribution in [3.63, 3.8) is 0 Å². The predicted molar refractivity (Wildman–Crippen MR) is 117 cm³/mol. The van der Waals surface area contributed by atoms with Gasteiger partial charge in [0, 0.05) is 37.2 Å². The van der Waals surface area contributed by atoms with Crippen LogP contribution in [-0.4, -0.2) is 51.9 Å². The summed E-state index contributed by atoms with van der Waals surface area (Å²) in [4.78, 5) is 14.3. The third-order valence-electron chi connectivity index (χ3n) is 6.47. The molecule has 2 aromatic rings. The Morgan fingerprint density at radius 1 is 1.03 bits per heavy atom. The largest absolute Gasteiger partial charge is 0.337 e. The molecule has 4 rings (SSSR count). The third kappa shape index (κ3) is 4.29. The molecule has 7 heteroatoms. The Bertz CT molecular complexity index is 1030. The lowest BCUT2D eigenvalue weighted by atomic mass is 10.1. The van der Waals surface area contributed by atoms with Gasteiger partial charge in [0.25, 0.3) is 5.91 Å². The van der Waals surface area contributed by atoms with Gasteiger partial charge in [-0.2, -0.15) is 4.31 Å². The molecule has 6 nitrogen and oxygen atoms in total. The lowest BCUT2D eigenvalue weighted by Gasteiger charge is -2.32. The summed E-state index contributed by atoms with van der Waals surface area (Å²) in [5.41, 5.74) is 3.81. The first kappa shape index (κ1) is 21.0. The molecule has 0 bridgehead atoms. The minimum atomic E-state index is -3.55. The van der Waals surface area contributed by atoms with Gasteiger partial charge < -0.3 is 10.2 Å². The fourth-order valence-corrected chi connectivity index (χ4v) is 5.86. The summed E-state index contributed by atoms with van der Waals surface area (Å²) < 4.78 is 27.5. The van der Waals surface area contributed by atoms with E-state index in [-0.39, 0.29) is 16.8 Å². The number of aryl methyl sites for hydroxylation is 2. The number of hydrogen-bond acceptors (Lipinski definition) is 3. The quantitative estimate of drug-likeness (QED) is 0.762. The van der Waals surface area contributed by atoms with Crippen molar-refractivity contribution in [1.82, 2.24) is 4.31 Å². The van der Waals surface area contributed by atoms with Crippen LogP contribution in [0.4, 0.5) is 5.69 Å². The molecule has 1 saturated heterocycles. The summed E-state index contributed by atoms with van der Waals surface area (Å²) >= 11 is 0. The Hall–Kier alpha value is -2.22. The molecule has 1 amide bonds. The van der Waals surface area contributed by atoms with Crippen molar-refractivity contribution in [3.05, 3.63) is 59.2 Å². The number of quaternary nitrogens is 1. The number of carbonyl (C=O) groups is 1. The molecule has 0 atom stereocenters. The van der Waals surface area contributed by atoms with Crippen LogP contribution in [0.15, 0.2) is 47.4 Å². The number of hydrogen-bond donors (Lipinski definition) is 2. The maximum atomic E-state index is 13.0. The Balaban J connectivity index is 1.43. The normalized spacial score (nSPS) is 21.4. The van der Waals surface area contributed by atoms with E-state index in [4.69, 9.17) is 0 Å². The fourth-order valence-electron chi connectivity index (χ4n) is 4.45. The second-order valence-corrected chi connectivity index (χ2v) is 10.5. The third-order valence-corrected chi connectivity index (χ3v) is 8.40. The van der Waals surface area contributed by atoms with E-state index < -0.39 is 10.0 Å². The molecule has 0 saturated carbocycles. The van der Waals surface area contributed by atoms with Gasteiger partial charge in [-0.3, -0.25) is 4.79 Å². The maximum Gasteiger partial charge on any atom is 0.255 e. The first-order chi connectivity index (χ1) is 14.3. The average Bonchev–Trinajstić information content (AvgIpc) is 3.22. The van der Waals surface area contributed by atoms with Crippen molar-refractivity contribution >= 4 is 21.6 Å². The van der Waals surface area contributed by atoms with Crippen LogP contribution in [0.1, 0.15) is 40.7 Å². The van der Waals surface area contributed by atoms with E-state index in [9.17, 15) is 13.2 Å². The van der Waals surface area contributed by atoms with Crippen LogP contribution < -0.4 is 10.2 Å². The summed E-state index contributed by atoms with van der Waals surface area (Å²) in [6.07, 6.45) is 4.99. The molecule has 0 radical (unpaired) electrons. The van der Waals surface area contributed by atoms with Gasteiger partial charge in [-0.15, -0.1) is 0 Å². The van der Waals surface area contributed by atoms with Gasteiger partial charge in [0.15, 0.2) is 0 Å². The van der Waals surface area contributed by atoms with Crippen LogP contribution in [0.5, 0.6) is 0 Å². The van der Waals surface area contributed by atoms with Gasteiger partial charge >= 0.3 is 0 Å². The molecular formula is C23H30N3O3S+. The minimum Gasteiger partial charge on any atom is -0.337 e. The van der Waals surface area contributed by atoms with Gasteiger partial charge in [-0.25, -0.2) is 8.42 Å². The van der Waals surface area contributed by atoms with Crippen molar-refractivity contribution in [3.8, 4) is 0 Å². The highest BCUT2D eigenvalue weighted by atomic mass is 32.2. The van der Waals surface area contributed by atoms with E-state index >= 15 is 0 Å². The summed E-state index contributed by atoms with van der Waals surface area (Å²) in [6.45, 7) is 1.97. The molecule has 0 spiro atoms. The topological polar surface area (TPSA) is 70.9 Å². The van der Waals surface area contributed by atoms with E-state index in [2.05, 4.69) is 12.4 Å². The minimum absolute atomic E-state index is 0.0397. The summed E-state index contributed by atoms with van der Waals surface area (Å²) in [6, 6.07) is 12.4. The molecule has 0 aromatic heterocycles. The van der Waals surface area contributed by atoms with Crippen molar-refractivity contribution in [2.45, 2.75) is 43.0 Å². The Morgan fingerprint density at radius 2 is 1.70 bits per heavy atom. The van der Waals surface area contributed by atoms with Gasteiger partial charge in [-0.1, -0.05) is 6.07 Å². The smallest absolute Gasteiger partial charge is 0.255 e. The zero-order valence-electron chi connectivity index (χ0n) is 17.6. The summed E-state index contributed by atoms with van der Waals surface area (Å²) in [5.74, 6) is -0.175. The predicted octanol–water partition coefficient (Wildman–Crippen LogP) is 1.73. The molecule has 1 aliphatic heterocycles. The Labute approximate surface area is 178 Å². The van der Waals surface area contributed by atoms with Crippen LogP contribution in [0.25, 0.3) is 0 Å². The van der Waals surface area contributed by atoms with Crippen molar-refractivity contribution in [2.24, 2.45) is 0 Å². The van der Waals surface area contributed by atoms with E-state index in [0.29, 0.717) is 11.3 Å². The molecular weight excluding hydrogens is 398 g/mol. The summed E-state index contributed by atoms with van der Waals surface area (Å²) in [7, 11) is 0.261. The zero-order valence-corrected chi connectivity index (χ0v) is 18.5. The number of carbonyl (C=O) groups excluding carboxylic acids is 1. The molecule has 0 unspecified atom stereocenters. The van der Waals surface area contributed by atoms with E-state index in [1.54, 1.807) is 31.3 Å². The first-order valence-corrected chi connectivity index (χ1v) is 12.1. The van der Waals surface area contributed by atoms with Gasteiger partial charge in [0.05, 0.1) is 25.0 Å². The monoisotopic (exact) mass is 428 g/mol. The van der Waals surface area contributed by atoms with E-state index in [1.165, 1.54) is 20.3 Å². The number of rotatable bonds is 5. The second-order valence-electron chi connectivity index (χ2n) is 8.53. The molecule has 2 aliphatic rings. The van der Waals surface area contributed by atoms with Crippen molar-refractivity contribution in [1.29, 1.82) is 0 Å². The number of sulfonamides is 1. The Morgan fingerprint density at radius 3 is 2.40 bits per heavy atom. The number of anilines is 1. The number of nitrogens with zero attached hydrogens (tertiary/aromatic N) is 1. The van der Waals surface area contributed by atoms with Gasteiger partial charge in [0.1, 0.15) is 0 Å². The SMILES string of the molecule is CN(C1CC[NH+](C)CC1)S(=O)(=O)c1ccc(NC(=O)c2ccc3c(c2)CCC3)cc1. The first-order valence-electron chi connectivity index (χ1n) is 10.7. The lowest BCUT2D eigenvalue weighted by Crippen LogP contribution is -3.10. The highest BCUT2D eigenvalue weighted by Gasteiger charge is 2.31. The molecule has 1 heterocycles. The Kier molecular flexibility index (Phi) is 5.95. The molecule has 30 heavy (non-hydrogen) atoms. The van der Waals surface area contributed by atoms with Crippen LogP contribution in [-0.2, 0) is 22.9 Å². The van der Waals surface area contributed by atoms with E-state index in [1.807, 2.05) is 18.2 Å². The maximum absolute atomic E-state index is 13.0. The average molecular weight is 429 g/mol. The number of piperidine rings is 1. The van der Waals surface area contributed by atoms with Crippen molar-refractivity contribution < 1.29 is 18.1 Å². The standard InChI is InChI=1S/C23H29N3O3S/c1-25-14-12-21(13-15-25)26(2)30(28,29)22-10-8-20(9-11-22)24-23(27)19-7-6-17-4-3-5-18(17)16-19/h6-11,16,21H,3-5,12-15H2,1-2H3,(H,24,27)/p+1. The zero-order chi connectivity index (χ0) is 21.3. The second kappa shape index (κ2) is 8.49. The molecule has 2 aromatic carbocycles. The number of fused-ring (bicyclic) bond motifs is 1. The van der Waals surface area contributed by atoms with Gasteiger partial charge in [-0.05, 0) is 66.8 Å². The number of nitrogens with one attached hydrogen (secondary N) is 2. The molecule has 2 N–H and O–H groups in total. The number of benzene rings is 2. The fraction of sp³-hybridized carbons (Fsp3) is 0.435. The lowest BCUT2D eigenvalue weighted by molar-refractivity contribution is -0.885. The van der Waals surface area contributed by atoms with Crippen LogP contribution in [0.3, 0.4) is 0 Å².